The van der Waals surface area contributed by atoms with Gasteiger partial charge in [-0.05, 0) is 62.3 Å². The van der Waals surface area contributed by atoms with Gasteiger partial charge in [0.25, 0.3) is 5.91 Å². The van der Waals surface area contributed by atoms with Gasteiger partial charge < -0.3 is 16.0 Å². The molecular weight excluding hydrogens is 408 g/mol. The number of hydrogen-bond acceptors (Lipinski definition) is 5. The Kier molecular flexibility index (Phi) is 4.32. The van der Waals surface area contributed by atoms with Crippen molar-refractivity contribution < 1.29 is 14.4 Å². The first-order valence-electron chi connectivity index (χ1n) is 11.7. The van der Waals surface area contributed by atoms with Gasteiger partial charge in [-0.3, -0.25) is 24.0 Å². The third-order valence-electron chi connectivity index (χ3n) is 8.01. The van der Waals surface area contributed by atoms with Gasteiger partial charge in [0.1, 0.15) is 12.6 Å². The fraction of sp³-hybridized carbons (Fsp3) is 0.609. The largest absolute Gasteiger partial charge is 0.364 e. The number of amides is 3. The molecule has 3 saturated carbocycles. The van der Waals surface area contributed by atoms with E-state index in [0.717, 1.165) is 25.7 Å². The Morgan fingerprint density at radius 1 is 1.22 bits per heavy atom. The number of rotatable bonds is 5. The number of hydrogen-bond donors (Lipinski definition) is 2. The van der Waals surface area contributed by atoms with Crippen LogP contribution in [0.1, 0.15) is 61.9 Å². The summed E-state index contributed by atoms with van der Waals surface area (Å²) >= 11 is 0. The van der Waals surface area contributed by atoms with Gasteiger partial charge in [-0.2, -0.15) is 5.10 Å². The van der Waals surface area contributed by atoms with Crippen LogP contribution in [0.15, 0.2) is 18.5 Å². The Labute approximate surface area is 185 Å². The number of piperidine rings is 1. The zero-order chi connectivity index (χ0) is 22.0. The average Bonchev–Trinajstić information content (AvgIpc) is 3.64. The molecule has 0 radical (unpaired) electrons. The van der Waals surface area contributed by atoms with Crippen molar-refractivity contribution in [2.24, 2.45) is 17.1 Å². The third kappa shape index (κ3) is 3.25. The predicted molar refractivity (Wildman–Crippen MR) is 115 cm³/mol. The van der Waals surface area contributed by atoms with Gasteiger partial charge in [-0.1, -0.05) is 6.42 Å². The van der Waals surface area contributed by atoms with Crippen LogP contribution in [-0.2, 0) is 16.1 Å². The molecule has 3 heterocycles. The summed E-state index contributed by atoms with van der Waals surface area (Å²) in [7, 11) is 0. The maximum absolute atomic E-state index is 13.3. The standard InChI is InChI=1S/C23H28N6O3/c24-21(31)20-15-3-7-25-11-18(15)28(27-20)12-19(30)29-16-8-13(16)9-17(29)22(32)26-14-2-1-4-23(10-14)5-6-23/h3,7,11,13-14,16-17H,1-2,4-6,8-10,12H2,(H2,24,31)(H,26,32)/t13-,14?,16-,17+/m1/s1. The van der Waals surface area contributed by atoms with Crippen LogP contribution in [0.25, 0.3) is 10.9 Å². The van der Waals surface area contributed by atoms with Gasteiger partial charge >= 0.3 is 0 Å². The van der Waals surface area contributed by atoms with Gasteiger partial charge in [0.15, 0.2) is 5.69 Å². The van der Waals surface area contributed by atoms with E-state index in [1.165, 1.54) is 30.4 Å². The minimum atomic E-state index is -0.644. The van der Waals surface area contributed by atoms with E-state index in [4.69, 9.17) is 5.73 Å². The SMILES string of the molecule is NC(=O)c1nn(CC(=O)N2[C@@H]3C[C@@H]3C[C@H]2C(=O)NC2CCCC3(CC3)C2)c2cnccc12. The van der Waals surface area contributed by atoms with Crippen molar-refractivity contribution in [3.05, 3.63) is 24.2 Å². The molecule has 3 aliphatic carbocycles. The minimum absolute atomic E-state index is 0.0157. The number of pyridine rings is 1. The van der Waals surface area contributed by atoms with Crippen LogP contribution < -0.4 is 11.1 Å². The maximum Gasteiger partial charge on any atom is 0.269 e. The van der Waals surface area contributed by atoms with Crippen LogP contribution in [0.2, 0.25) is 0 Å². The second-order valence-corrected chi connectivity index (χ2v) is 10.2. The molecule has 9 nitrogen and oxygen atoms in total. The lowest BCUT2D eigenvalue weighted by Gasteiger charge is -2.33. The van der Waals surface area contributed by atoms with Crippen LogP contribution in [0.3, 0.4) is 0 Å². The number of nitrogens with two attached hydrogens (primary N) is 1. The first-order valence-corrected chi connectivity index (χ1v) is 11.7. The van der Waals surface area contributed by atoms with Crippen LogP contribution >= 0.6 is 0 Å². The van der Waals surface area contributed by atoms with Crippen molar-refractivity contribution in [1.82, 2.24) is 25.0 Å². The fourth-order valence-corrected chi connectivity index (χ4v) is 6.08. The summed E-state index contributed by atoms with van der Waals surface area (Å²) in [5.41, 5.74) is 6.66. The summed E-state index contributed by atoms with van der Waals surface area (Å²) in [6.07, 6.45) is 12.0. The van der Waals surface area contributed by atoms with Gasteiger partial charge in [-0.15, -0.1) is 0 Å². The molecule has 1 aliphatic heterocycles. The molecule has 2 aromatic rings. The first-order chi connectivity index (χ1) is 15.4. The molecule has 9 heteroatoms. The van der Waals surface area contributed by atoms with Gasteiger partial charge in [0, 0.05) is 23.7 Å². The van der Waals surface area contributed by atoms with E-state index in [1.807, 2.05) is 0 Å². The summed E-state index contributed by atoms with van der Waals surface area (Å²) in [5, 5.41) is 8.12. The Hall–Kier alpha value is -2.97. The summed E-state index contributed by atoms with van der Waals surface area (Å²) < 4.78 is 1.48. The molecule has 3 amide bonds. The minimum Gasteiger partial charge on any atom is -0.364 e. The third-order valence-corrected chi connectivity index (χ3v) is 8.01. The Morgan fingerprint density at radius 2 is 2.06 bits per heavy atom. The van der Waals surface area contributed by atoms with Crippen LogP contribution in [0.5, 0.6) is 0 Å². The Balaban J connectivity index is 1.19. The molecule has 0 aromatic carbocycles. The quantitative estimate of drug-likeness (QED) is 0.733. The Bertz CT molecular complexity index is 1120. The smallest absolute Gasteiger partial charge is 0.269 e. The lowest BCUT2D eigenvalue weighted by molar-refractivity contribution is -0.140. The molecule has 168 valence electrons. The van der Waals surface area contributed by atoms with Crippen molar-refractivity contribution >= 4 is 28.6 Å². The van der Waals surface area contributed by atoms with E-state index in [1.54, 1.807) is 23.4 Å². The van der Waals surface area contributed by atoms with Crippen molar-refractivity contribution in [2.45, 2.75) is 76.0 Å². The first kappa shape index (κ1) is 19.7. The number of aromatic nitrogens is 3. The van der Waals surface area contributed by atoms with E-state index in [0.29, 0.717) is 22.2 Å². The molecule has 1 spiro atoms. The van der Waals surface area contributed by atoms with E-state index in [9.17, 15) is 14.4 Å². The highest BCUT2D eigenvalue weighted by Gasteiger charge is 2.56. The zero-order valence-corrected chi connectivity index (χ0v) is 18.0. The second-order valence-electron chi connectivity index (χ2n) is 10.2. The van der Waals surface area contributed by atoms with Gasteiger partial charge in [0.05, 0.1) is 11.7 Å². The van der Waals surface area contributed by atoms with E-state index in [-0.39, 0.29) is 36.1 Å². The van der Waals surface area contributed by atoms with Crippen LogP contribution in [-0.4, -0.2) is 55.5 Å². The van der Waals surface area contributed by atoms with Crippen LogP contribution in [0, 0.1) is 11.3 Å². The van der Waals surface area contributed by atoms with E-state index >= 15 is 0 Å². The summed E-state index contributed by atoms with van der Waals surface area (Å²) in [5.74, 6) is -0.401. The molecule has 4 atom stereocenters. The molecule has 0 bridgehead atoms. The molecule has 4 fully saturated rings. The molecule has 32 heavy (non-hydrogen) atoms. The van der Waals surface area contributed by atoms with E-state index < -0.39 is 11.9 Å². The van der Waals surface area contributed by atoms with Crippen molar-refractivity contribution in [2.75, 3.05) is 0 Å². The van der Waals surface area contributed by atoms with Crippen molar-refractivity contribution in [3.63, 3.8) is 0 Å². The highest BCUT2D eigenvalue weighted by Crippen LogP contribution is 2.56. The van der Waals surface area contributed by atoms with Crippen molar-refractivity contribution in [1.29, 1.82) is 0 Å². The predicted octanol–water partition coefficient (Wildman–Crippen LogP) is 1.36. The average molecular weight is 437 g/mol. The molecular formula is C23H28N6O3. The monoisotopic (exact) mass is 436 g/mol. The highest BCUT2D eigenvalue weighted by molar-refractivity contribution is 6.04. The number of likely N-dealkylation sites (tertiary alicyclic amines) is 1. The van der Waals surface area contributed by atoms with E-state index in [2.05, 4.69) is 15.4 Å². The summed E-state index contributed by atoms with van der Waals surface area (Å²) in [6, 6.07) is 1.61. The number of fused-ring (bicyclic) bond motifs is 2. The molecule has 6 rings (SSSR count). The molecule has 2 aromatic heterocycles. The number of nitrogens with zero attached hydrogens (tertiary/aromatic N) is 4. The Morgan fingerprint density at radius 3 is 2.84 bits per heavy atom. The molecule has 1 unspecified atom stereocenters. The molecule has 4 aliphatic rings. The van der Waals surface area contributed by atoms with Crippen LogP contribution in [0.4, 0.5) is 0 Å². The molecule has 1 saturated heterocycles. The molecule has 3 N–H and O–H groups in total. The second kappa shape index (κ2) is 7.02. The van der Waals surface area contributed by atoms with Gasteiger partial charge in [-0.25, -0.2) is 0 Å². The lowest BCUT2D eigenvalue weighted by Crippen LogP contribution is -2.51. The summed E-state index contributed by atoms with van der Waals surface area (Å²) in [6.45, 7) is -0.0466. The lowest BCUT2D eigenvalue weighted by atomic mass is 9.83. The van der Waals surface area contributed by atoms with Crippen molar-refractivity contribution in [3.8, 4) is 0 Å². The zero-order valence-electron chi connectivity index (χ0n) is 18.0. The fourth-order valence-electron chi connectivity index (χ4n) is 6.08. The number of carbonyl (C=O) groups is 3. The number of carbonyl (C=O) groups excluding carboxylic acids is 3. The normalized spacial score (nSPS) is 29.7. The van der Waals surface area contributed by atoms with Gasteiger partial charge in [0.2, 0.25) is 11.8 Å². The topological polar surface area (TPSA) is 123 Å². The number of nitrogens with one attached hydrogen (secondary N) is 1. The highest BCUT2D eigenvalue weighted by atomic mass is 16.2. The maximum atomic E-state index is 13.3. The summed E-state index contributed by atoms with van der Waals surface area (Å²) in [4.78, 5) is 44.2. The number of primary amides is 1.